The van der Waals surface area contributed by atoms with Crippen molar-refractivity contribution in [3.05, 3.63) is 46.4 Å². The summed E-state index contributed by atoms with van der Waals surface area (Å²) < 4.78 is 5.30. The number of nitrogens with zero attached hydrogens (tertiary/aromatic N) is 2. The number of hydrogen-bond acceptors (Lipinski definition) is 5. The van der Waals surface area contributed by atoms with E-state index in [1.54, 1.807) is 18.4 Å². The Morgan fingerprint density at radius 3 is 2.90 bits per heavy atom. The molecule has 0 amide bonds. The van der Waals surface area contributed by atoms with E-state index in [2.05, 4.69) is 46.8 Å². The second kappa shape index (κ2) is 7.38. The average molecular weight is 291 g/mol. The van der Waals surface area contributed by atoms with E-state index < -0.39 is 0 Å². The number of nitrogens with one attached hydrogen (secondary N) is 1. The number of benzene rings is 1. The van der Waals surface area contributed by atoms with Crippen molar-refractivity contribution in [3.8, 4) is 5.75 Å². The van der Waals surface area contributed by atoms with Crippen LogP contribution in [0, 0.1) is 0 Å². The lowest BCUT2D eigenvalue weighted by molar-refractivity contribution is 0.287. The lowest BCUT2D eigenvalue weighted by Gasteiger charge is -2.25. The topological polar surface area (TPSA) is 37.4 Å². The van der Waals surface area contributed by atoms with Gasteiger partial charge >= 0.3 is 0 Å². The van der Waals surface area contributed by atoms with Crippen LogP contribution in [0.25, 0.3) is 0 Å². The van der Waals surface area contributed by atoms with Crippen molar-refractivity contribution in [1.29, 1.82) is 0 Å². The second-order valence-electron chi connectivity index (χ2n) is 4.87. The summed E-state index contributed by atoms with van der Waals surface area (Å²) >= 11 is 1.63. The Kier molecular flexibility index (Phi) is 5.52. The third kappa shape index (κ3) is 4.03. The molecule has 0 aliphatic carbocycles. The Morgan fingerprint density at radius 1 is 1.40 bits per heavy atom. The Labute approximate surface area is 124 Å². The zero-order chi connectivity index (χ0) is 14.4. The standard InChI is InChI=1S/C15H21N3OS/c1-18(2)15(9-16-8-13-10-20-11-17-13)12-5-4-6-14(7-12)19-3/h4-7,10-11,15-16H,8-9H2,1-3H3. The lowest BCUT2D eigenvalue weighted by atomic mass is 10.1. The van der Waals surface area contributed by atoms with Crippen LogP contribution >= 0.6 is 11.3 Å². The molecule has 0 saturated carbocycles. The predicted molar refractivity (Wildman–Crippen MR) is 83.2 cm³/mol. The van der Waals surface area contributed by atoms with Gasteiger partial charge < -0.3 is 15.0 Å². The highest BCUT2D eigenvalue weighted by atomic mass is 32.1. The van der Waals surface area contributed by atoms with E-state index >= 15 is 0 Å². The minimum Gasteiger partial charge on any atom is -0.497 e. The second-order valence-corrected chi connectivity index (χ2v) is 5.59. The van der Waals surface area contributed by atoms with Gasteiger partial charge in [0.2, 0.25) is 0 Å². The molecule has 2 rings (SSSR count). The molecule has 0 aliphatic heterocycles. The summed E-state index contributed by atoms with van der Waals surface area (Å²) in [5, 5.41) is 5.54. The van der Waals surface area contributed by atoms with Gasteiger partial charge in [0.05, 0.1) is 18.3 Å². The Morgan fingerprint density at radius 2 is 2.25 bits per heavy atom. The fourth-order valence-electron chi connectivity index (χ4n) is 2.11. The first kappa shape index (κ1) is 15.0. The average Bonchev–Trinajstić information content (AvgIpc) is 2.96. The van der Waals surface area contributed by atoms with Gasteiger partial charge in [0.25, 0.3) is 0 Å². The molecule has 0 saturated heterocycles. The number of methoxy groups -OCH3 is 1. The van der Waals surface area contributed by atoms with Crippen molar-refractivity contribution in [3.63, 3.8) is 0 Å². The maximum atomic E-state index is 5.30. The molecular formula is C15H21N3OS. The molecule has 0 bridgehead atoms. The molecule has 0 spiro atoms. The van der Waals surface area contributed by atoms with E-state index in [9.17, 15) is 0 Å². The van der Waals surface area contributed by atoms with Crippen LogP contribution in [-0.2, 0) is 6.54 Å². The van der Waals surface area contributed by atoms with Crippen LogP contribution in [0.4, 0.5) is 0 Å². The number of likely N-dealkylation sites (N-methyl/N-ethyl adjacent to an activating group) is 1. The molecule has 108 valence electrons. The molecule has 0 fully saturated rings. The van der Waals surface area contributed by atoms with Crippen molar-refractivity contribution in [1.82, 2.24) is 15.2 Å². The van der Waals surface area contributed by atoms with Crippen LogP contribution in [0.3, 0.4) is 0 Å². The summed E-state index contributed by atoms with van der Waals surface area (Å²) in [6.45, 7) is 1.68. The van der Waals surface area contributed by atoms with Crippen molar-refractivity contribution in [2.24, 2.45) is 0 Å². The van der Waals surface area contributed by atoms with E-state index in [4.69, 9.17) is 4.74 Å². The maximum absolute atomic E-state index is 5.30. The van der Waals surface area contributed by atoms with Crippen LogP contribution in [0.5, 0.6) is 5.75 Å². The quantitative estimate of drug-likeness (QED) is 0.850. The minimum atomic E-state index is 0.309. The van der Waals surface area contributed by atoms with E-state index in [0.29, 0.717) is 6.04 Å². The Bertz CT molecular complexity index is 514. The molecule has 4 nitrogen and oxygen atoms in total. The van der Waals surface area contributed by atoms with Gasteiger partial charge in [-0.1, -0.05) is 12.1 Å². The summed E-state index contributed by atoms with van der Waals surface area (Å²) in [5.41, 5.74) is 4.21. The molecule has 1 aromatic carbocycles. The zero-order valence-corrected chi connectivity index (χ0v) is 13.0. The highest BCUT2D eigenvalue weighted by Crippen LogP contribution is 2.22. The Balaban J connectivity index is 1.99. The molecule has 0 radical (unpaired) electrons. The number of thiazole rings is 1. The van der Waals surface area contributed by atoms with Gasteiger partial charge in [-0.05, 0) is 31.8 Å². The van der Waals surface area contributed by atoms with Crippen LogP contribution in [0.15, 0.2) is 35.2 Å². The van der Waals surface area contributed by atoms with Gasteiger partial charge in [0.1, 0.15) is 5.75 Å². The highest BCUT2D eigenvalue weighted by Gasteiger charge is 2.14. The minimum absolute atomic E-state index is 0.309. The highest BCUT2D eigenvalue weighted by molar-refractivity contribution is 7.07. The predicted octanol–water partition coefficient (Wildman–Crippen LogP) is 2.54. The van der Waals surface area contributed by atoms with Crippen LogP contribution in [0.1, 0.15) is 17.3 Å². The molecule has 5 heteroatoms. The first-order valence-electron chi connectivity index (χ1n) is 6.59. The van der Waals surface area contributed by atoms with Crippen molar-refractivity contribution in [2.45, 2.75) is 12.6 Å². The fourth-order valence-corrected chi connectivity index (χ4v) is 2.67. The number of rotatable bonds is 7. The molecule has 2 aromatic rings. The van der Waals surface area contributed by atoms with Gasteiger partial charge in [-0.15, -0.1) is 11.3 Å². The molecule has 1 aromatic heterocycles. The molecule has 1 unspecified atom stereocenters. The van der Waals surface area contributed by atoms with Gasteiger partial charge in [0.15, 0.2) is 0 Å². The zero-order valence-electron chi connectivity index (χ0n) is 12.2. The van der Waals surface area contributed by atoms with Crippen LogP contribution in [0.2, 0.25) is 0 Å². The number of aromatic nitrogens is 1. The lowest BCUT2D eigenvalue weighted by Crippen LogP contribution is -2.30. The summed E-state index contributed by atoms with van der Waals surface area (Å²) in [4.78, 5) is 6.49. The normalized spacial score (nSPS) is 12.6. The monoisotopic (exact) mass is 291 g/mol. The van der Waals surface area contributed by atoms with Gasteiger partial charge in [-0.3, -0.25) is 0 Å². The first-order chi connectivity index (χ1) is 9.70. The molecular weight excluding hydrogens is 270 g/mol. The third-order valence-corrected chi connectivity index (χ3v) is 3.86. The van der Waals surface area contributed by atoms with Crippen molar-refractivity contribution in [2.75, 3.05) is 27.7 Å². The van der Waals surface area contributed by atoms with Crippen LogP contribution in [-0.4, -0.2) is 37.6 Å². The summed E-state index contributed by atoms with van der Waals surface area (Å²) in [5.74, 6) is 0.897. The summed E-state index contributed by atoms with van der Waals surface area (Å²) in [6.07, 6.45) is 0. The molecule has 1 N–H and O–H groups in total. The Hall–Kier alpha value is -1.43. The summed E-state index contributed by atoms with van der Waals surface area (Å²) in [7, 11) is 5.88. The SMILES string of the molecule is COc1cccc(C(CNCc2cscn2)N(C)C)c1. The number of ether oxygens (including phenoxy) is 1. The summed E-state index contributed by atoms with van der Waals surface area (Å²) in [6, 6.07) is 8.54. The third-order valence-electron chi connectivity index (χ3n) is 3.23. The molecule has 20 heavy (non-hydrogen) atoms. The smallest absolute Gasteiger partial charge is 0.119 e. The van der Waals surface area contributed by atoms with E-state index in [1.165, 1.54) is 5.56 Å². The van der Waals surface area contributed by atoms with Crippen molar-refractivity contribution < 1.29 is 4.74 Å². The van der Waals surface area contributed by atoms with Gasteiger partial charge in [0, 0.05) is 24.5 Å². The van der Waals surface area contributed by atoms with E-state index in [0.717, 1.165) is 24.5 Å². The number of hydrogen-bond donors (Lipinski definition) is 1. The molecule has 1 heterocycles. The van der Waals surface area contributed by atoms with E-state index in [1.807, 2.05) is 17.6 Å². The van der Waals surface area contributed by atoms with Gasteiger partial charge in [-0.2, -0.15) is 0 Å². The van der Waals surface area contributed by atoms with Crippen molar-refractivity contribution >= 4 is 11.3 Å². The largest absolute Gasteiger partial charge is 0.497 e. The van der Waals surface area contributed by atoms with Crippen LogP contribution < -0.4 is 10.1 Å². The molecule has 1 atom stereocenters. The van der Waals surface area contributed by atoms with E-state index in [-0.39, 0.29) is 0 Å². The molecule has 0 aliphatic rings. The maximum Gasteiger partial charge on any atom is 0.119 e. The van der Waals surface area contributed by atoms with Gasteiger partial charge in [-0.25, -0.2) is 4.98 Å². The first-order valence-corrected chi connectivity index (χ1v) is 7.53. The fraction of sp³-hybridized carbons (Fsp3) is 0.400.